The highest BCUT2D eigenvalue weighted by Crippen LogP contribution is 2.35. The van der Waals surface area contributed by atoms with Crippen LogP contribution in [0.1, 0.15) is 17.5 Å². The Morgan fingerprint density at radius 2 is 1.83 bits per heavy atom. The van der Waals surface area contributed by atoms with E-state index in [9.17, 15) is 14.9 Å². The maximum atomic E-state index is 12.3. The van der Waals surface area contributed by atoms with E-state index in [2.05, 4.69) is 41.9 Å². The maximum absolute atomic E-state index is 12.3. The number of amides is 1. The molecule has 156 valence electrons. The third-order valence-electron chi connectivity index (χ3n) is 4.03. The van der Waals surface area contributed by atoms with Gasteiger partial charge in [0.05, 0.1) is 16.1 Å². The van der Waals surface area contributed by atoms with Gasteiger partial charge in [0, 0.05) is 6.54 Å². The second-order valence-corrected chi connectivity index (χ2v) is 7.90. The molecule has 0 aliphatic heterocycles. The van der Waals surface area contributed by atoms with Gasteiger partial charge in [0.1, 0.15) is 17.4 Å². The molecule has 0 heterocycles. The lowest BCUT2D eigenvalue weighted by Gasteiger charge is -2.10. The van der Waals surface area contributed by atoms with Crippen molar-refractivity contribution in [1.29, 1.82) is 5.26 Å². The van der Waals surface area contributed by atoms with Crippen LogP contribution in [0, 0.1) is 11.3 Å². The highest BCUT2D eigenvalue weighted by molar-refractivity contribution is 9.11. The van der Waals surface area contributed by atoms with Gasteiger partial charge in [-0.05, 0) is 74.0 Å². The summed E-state index contributed by atoms with van der Waals surface area (Å²) in [6.45, 7) is 0.234. The number of benzene rings is 2. The van der Waals surface area contributed by atoms with E-state index in [-0.39, 0.29) is 12.2 Å². The number of esters is 1. The first-order valence-electron chi connectivity index (χ1n) is 9.07. The number of nitrogens with one attached hydrogen (secondary N) is 1. The minimum atomic E-state index is -0.506. The summed E-state index contributed by atoms with van der Waals surface area (Å²) < 4.78 is 11.1. The van der Waals surface area contributed by atoms with E-state index in [0.29, 0.717) is 26.8 Å². The lowest BCUT2D eigenvalue weighted by atomic mass is 10.1. The number of methoxy groups -OCH3 is 1. The van der Waals surface area contributed by atoms with Crippen LogP contribution in [-0.2, 0) is 20.7 Å². The predicted molar refractivity (Wildman–Crippen MR) is 121 cm³/mol. The van der Waals surface area contributed by atoms with Crippen LogP contribution >= 0.6 is 31.9 Å². The molecule has 0 atom stereocenters. The number of nitrogens with zero attached hydrogens (tertiary/aromatic N) is 1. The number of aryl methyl sites for hydroxylation is 1. The normalized spacial score (nSPS) is 10.8. The van der Waals surface area contributed by atoms with Gasteiger partial charge in [0.25, 0.3) is 5.91 Å². The van der Waals surface area contributed by atoms with Gasteiger partial charge in [0.2, 0.25) is 0 Å². The van der Waals surface area contributed by atoms with Crippen molar-refractivity contribution in [2.75, 3.05) is 20.3 Å². The highest BCUT2D eigenvalue weighted by atomic mass is 79.9. The van der Waals surface area contributed by atoms with E-state index in [4.69, 9.17) is 4.74 Å². The van der Waals surface area contributed by atoms with Crippen molar-refractivity contribution in [3.05, 3.63) is 68.1 Å². The van der Waals surface area contributed by atoms with Gasteiger partial charge in [-0.3, -0.25) is 4.79 Å². The van der Waals surface area contributed by atoms with E-state index in [0.717, 1.165) is 12.8 Å². The Labute approximate surface area is 192 Å². The lowest BCUT2D eigenvalue weighted by Crippen LogP contribution is -2.25. The van der Waals surface area contributed by atoms with Gasteiger partial charge in [-0.1, -0.05) is 30.3 Å². The van der Waals surface area contributed by atoms with Crippen molar-refractivity contribution in [2.45, 2.75) is 12.8 Å². The summed E-state index contributed by atoms with van der Waals surface area (Å²) in [6, 6.07) is 15.3. The Morgan fingerprint density at radius 1 is 1.17 bits per heavy atom. The molecule has 8 heteroatoms. The Morgan fingerprint density at radius 3 is 2.43 bits per heavy atom. The van der Waals surface area contributed by atoms with Crippen LogP contribution in [0.2, 0.25) is 0 Å². The quantitative estimate of drug-likeness (QED) is 0.222. The molecule has 0 aliphatic rings. The fourth-order valence-electron chi connectivity index (χ4n) is 2.54. The molecule has 0 bridgehead atoms. The number of carbonyl (C=O) groups is 2. The smallest absolute Gasteiger partial charge is 0.343 e. The number of ether oxygens (including phenoxy) is 2. The summed E-state index contributed by atoms with van der Waals surface area (Å²) in [5.74, 6) is -0.515. The summed E-state index contributed by atoms with van der Waals surface area (Å²) >= 11 is 6.75. The third kappa shape index (κ3) is 7.32. The minimum Gasteiger partial charge on any atom is -0.480 e. The molecule has 1 amide bonds. The zero-order valence-electron chi connectivity index (χ0n) is 16.3. The molecular weight excluding hydrogens is 516 g/mol. The third-order valence-corrected chi connectivity index (χ3v) is 5.21. The average molecular weight is 536 g/mol. The van der Waals surface area contributed by atoms with Crippen molar-refractivity contribution in [1.82, 2.24) is 5.32 Å². The van der Waals surface area contributed by atoms with E-state index in [1.165, 1.54) is 18.7 Å². The fraction of sp³-hybridized carbons (Fsp3) is 0.227. The van der Waals surface area contributed by atoms with E-state index >= 15 is 0 Å². The second kappa shape index (κ2) is 12.2. The molecule has 0 aliphatic carbocycles. The summed E-state index contributed by atoms with van der Waals surface area (Å²) in [5, 5.41) is 12.2. The highest BCUT2D eigenvalue weighted by Gasteiger charge is 2.13. The number of carbonyl (C=O) groups excluding carboxylic acids is 2. The molecule has 0 radical (unpaired) electrons. The minimum absolute atomic E-state index is 0.00302. The molecule has 2 aromatic carbocycles. The molecule has 30 heavy (non-hydrogen) atoms. The number of rotatable bonds is 9. The molecule has 0 unspecified atom stereocenters. The van der Waals surface area contributed by atoms with Gasteiger partial charge in [-0.2, -0.15) is 5.26 Å². The molecule has 2 rings (SSSR count). The Bertz CT molecular complexity index is 946. The van der Waals surface area contributed by atoms with Gasteiger partial charge >= 0.3 is 5.97 Å². The van der Waals surface area contributed by atoms with Crippen LogP contribution in [0.3, 0.4) is 0 Å². The standard InChI is InChI=1S/C22H20Br2N2O4/c1-29-20(27)14-30-21-18(23)11-16(12-19(21)24)10-17(13-25)22(28)26-9-5-8-15-6-3-2-4-7-15/h2-4,6-7,10-12H,5,8-9,14H2,1H3,(H,26,28)/b17-10-. The van der Waals surface area contributed by atoms with Crippen molar-refractivity contribution in [3.8, 4) is 11.8 Å². The molecule has 0 saturated heterocycles. The average Bonchev–Trinajstić information content (AvgIpc) is 2.74. The Hall–Kier alpha value is -2.63. The van der Waals surface area contributed by atoms with Crippen LogP contribution in [0.5, 0.6) is 5.75 Å². The first kappa shape index (κ1) is 23.6. The van der Waals surface area contributed by atoms with E-state index < -0.39 is 11.9 Å². The van der Waals surface area contributed by atoms with Crippen LogP contribution in [0.4, 0.5) is 0 Å². The number of hydrogen-bond acceptors (Lipinski definition) is 5. The number of hydrogen-bond donors (Lipinski definition) is 1. The SMILES string of the molecule is COC(=O)COc1c(Br)cc(/C=C(/C#N)C(=O)NCCCc2ccccc2)cc1Br. The molecule has 0 spiro atoms. The molecule has 0 fully saturated rings. The number of halogens is 2. The molecule has 1 N–H and O–H groups in total. The van der Waals surface area contributed by atoms with Crippen LogP contribution < -0.4 is 10.1 Å². The summed E-state index contributed by atoms with van der Waals surface area (Å²) in [7, 11) is 1.28. The first-order valence-corrected chi connectivity index (χ1v) is 10.7. The predicted octanol–water partition coefficient (Wildman–Crippen LogP) is 4.42. The lowest BCUT2D eigenvalue weighted by molar-refractivity contribution is -0.142. The Kier molecular flexibility index (Phi) is 9.58. The molecule has 6 nitrogen and oxygen atoms in total. The largest absolute Gasteiger partial charge is 0.480 e. The van der Waals surface area contributed by atoms with Gasteiger partial charge in [-0.25, -0.2) is 4.79 Å². The second-order valence-electron chi connectivity index (χ2n) is 6.19. The molecular formula is C22H20Br2N2O4. The molecule has 2 aromatic rings. The maximum Gasteiger partial charge on any atom is 0.343 e. The van der Waals surface area contributed by atoms with Crippen LogP contribution in [0.15, 0.2) is 57.0 Å². The van der Waals surface area contributed by atoms with Crippen molar-refractivity contribution in [2.24, 2.45) is 0 Å². The van der Waals surface area contributed by atoms with E-state index in [1.54, 1.807) is 12.1 Å². The van der Waals surface area contributed by atoms with Crippen LogP contribution in [0.25, 0.3) is 6.08 Å². The molecule has 0 saturated carbocycles. The fourth-order valence-corrected chi connectivity index (χ4v) is 3.99. The summed E-state index contributed by atoms with van der Waals surface area (Å²) in [5.41, 5.74) is 1.82. The van der Waals surface area contributed by atoms with Crippen molar-refractivity contribution < 1.29 is 19.1 Å². The van der Waals surface area contributed by atoms with Gasteiger partial charge < -0.3 is 14.8 Å². The van der Waals surface area contributed by atoms with Gasteiger partial charge in [0.15, 0.2) is 6.61 Å². The Balaban J connectivity index is 1.99. The zero-order valence-corrected chi connectivity index (χ0v) is 19.5. The van der Waals surface area contributed by atoms with Crippen molar-refractivity contribution in [3.63, 3.8) is 0 Å². The first-order chi connectivity index (χ1) is 14.4. The van der Waals surface area contributed by atoms with E-state index in [1.807, 2.05) is 36.4 Å². The summed E-state index contributed by atoms with van der Waals surface area (Å²) in [6.07, 6.45) is 3.11. The van der Waals surface area contributed by atoms with Crippen molar-refractivity contribution >= 4 is 49.8 Å². The summed E-state index contributed by atoms with van der Waals surface area (Å²) in [4.78, 5) is 23.6. The van der Waals surface area contributed by atoms with Crippen LogP contribution in [-0.4, -0.2) is 32.1 Å². The number of nitriles is 1. The molecule has 0 aromatic heterocycles. The zero-order chi connectivity index (χ0) is 21.9. The topological polar surface area (TPSA) is 88.4 Å². The monoisotopic (exact) mass is 534 g/mol. The van der Waals surface area contributed by atoms with Gasteiger partial charge in [-0.15, -0.1) is 0 Å².